The monoisotopic (exact) mass is 556 g/mol. The maximum atomic E-state index is 14.2. The van der Waals surface area contributed by atoms with E-state index in [0.29, 0.717) is 28.5 Å². The zero-order valence-electron chi connectivity index (χ0n) is 23.3. The predicted molar refractivity (Wildman–Crippen MR) is 156 cm³/mol. The van der Waals surface area contributed by atoms with Gasteiger partial charge in [-0.05, 0) is 79.8 Å². The summed E-state index contributed by atoms with van der Waals surface area (Å²) in [6.07, 6.45) is 1.72. The summed E-state index contributed by atoms with van der Waals surface area (Å²) in [7, 11) is 0. The van der Waals surface area contributed by atoms with Gasteiger partial charge in [-0.3, -0.25) is 14.4 Å². The Hall–Kier alpha value is -4.66. The van der Waals surface area contributed by atoms with E-state index in [4.69, 9.17) is 4.74 Å². The van der Waals surface area contributed by atoms with Crippen LogP contribution in [0.4, 0.5) is 10.1 Å². The minimum Gasteiger partial charge on any atom is -0.457 e. The van der Waals surface area contributed by atoms with Gasteiger partial charge >= 0.3 is 0 Å². The number of amides is 3. The van der Waals surface area contributed by atoms with E-state index in [0.717, 1.165) is 17.7 Å². The number of rotatable bonds is 10. The van der Waals surface area contributed by atoms with Gasteiger partial charge in [-0.15, -0.1) is 0 Å². The van der Waals surface area contributed by atoms with E-state index in [1.165, 1.54) is 17.7 Å². The van der Waals surface area contributed by atoms with Gasteiger partial charge in [0.25, 0.3) is 5.91 Å². The summed E-state index contributed by atoms with van der Waals surface area (Å²) in [5, 5.41) is 6.20. The third kappa shape index (κ3) is 6.92. The second-order valence-corrected chi connectivity index (χ2v) is 11.1. The van der Waals surface area contributed by atoms with Gasteiger partial charge in [0.15, 0.2) is 0 Å². The van der Waals surface area contributed by atoms with E-state index in [1.807, 2.05) is 31.2 Å². The predicted octanol–water partition coefficient (Wildman–Crippen LogP) is 5.97. The van der Waals surface area contributed by atoms with Crippen LogP contribution in [0.5, 0.6) is 11.5 Å². The van der Waals surface area contributed by atoms with Crippen LogP contribution in [-0.2, 0) is 9.59 Å². The van der Waals surface area contributed by atoms with E-state index in [1.54, 1.807) is 36.4 Å². The Labute approximate surface area is 237 Å². The maximum absolute atomic E-state index is 14.2. The lowest BCUT2D eigenvalue weighted by molar-refractivity contribution is -0.123. The number of aromatic nitrogens is 1. The van der Waals surface area contributed by atoms with Crippen molar-refractivity contribution >= 4 is 34.3 Å². The van der Waals surface area contributed by atoms with Gasteiger partial charge in [-0.2, -0.15) is 0 Å². The molecular weight excluding hydrogens is 523 g/mol. The van der Waals surface area contributed by atoms with Crippen molar-refractivity contribution in [2.45, 2.75) is 45.1 Å². The van der Waals surface area contributed by atoms with Crippen molar-refractivity contribution in [3.8, 4) is 11.5 Å². The second-order valence-electron chi connectivity index (χ2n) is 11.1. The van der Waals surface area contributed by atoms with Crippen LogP contribution in [0.25, 0.3) is 10.9 Å². The second kappa shape index (κ2) is 11.4. The number of nitrogens with zero attached hydrogens (tertiary/aromatic N) is 1. The average molecular weight is 557 g/mol. The third-order valence-electron chi connectivity index (χ3n) is 7.15. The highest BCUT2D eigenvalue weighted by molar-refractivity contribution is 6.02. The first-order valence-electron chi connectivity index (χ1n) is 13.6. The minimum absolute atomic E-state index is 0.0891. The summed E-state index contributed by atoms with van der Waals surface area (Å²) in [6, 6.07) is 20.8. The summed E-state index contributed by atoms with van der Waals surface area (Å²) < 4.78 is 20.1. The number of nitrogens with one attached hydrogen (secondary N) is 3. The van der Waals surface area contributed by atoms with Crippen molar-refractivity contribution in [1.29, 1.82) is 0 Å². The van der Waals surface area contributed by atoms with Crippen molar-refractivity contribution in [3.05, 3.63) is 89.9 Å². The number of halogens is 1. The maximum Gasteiger partial charge on any atom is 0.271 e. The fourth-order valence-electron chi connectivity index (χ4n) is 4.50. The van der Waals surface area contributed by atoms with Crippen molar-refractivity contribution in [1.82, 2.24) is 15.2 Å². The number of carbonyl (C=O) groups excluding carboxylic acids is 3. The lowest BCUT2D eigenvalue weighted by Gasteiger charge is -2.22. The Balaban J connectivity index is 1.25. The SMILES string of the molecule is CC(C)c1ccc(Oc2ccc(NC(=O)CN(CC(=O)NC3(C)CC3)C(=O)c3cc4cccc(F)c4[nH]3)cc2)cc1. The van der Waals surface area contributed by atoms with Crippen molar-refractivity contribution in [2.24, 2.45) is 0 Å². The molecule has 1 aliphatic rings. The molecule has 1 aliphatic carbocycles. The topological polar surface area (TPSA) is 104 Å². The molecule has 0 aliphatic heterocycles. The molecule has 9 heteroatoms. The Morgan fingerprint density at radius 3 is 2.20 bits per heavy atom. The highest BCUT2D eigenvalue weighted by Crippen LogP contribution is 2.34. The van der Waals surface area contributed by atoms with E-state index in [9.17, 15) is 18.8 Å². The first-order valence-corrected chi connectivity index (χ1v) is 13.6. The van der Waals surface area contributed by atoms with Gasteiger partial charge in [0, 0.05) is 16.6 Å². The number of fused-ring (bicyclic) bond motifs is 1. The van der Waals surface area contributed by atoms with Gasteiger partial charge in [-0.1, -0.05) is 38.1 Å². The van der Waals surface area contributed by atoms with Crippen LogP contribution < -0.4 is 15.4 Å². The molecule has 0 spiro atoms. The van der Waals surface area contributed by atoms with E-state index in [2.05, 4.69) is 29.5 Å². The highest BCUT2D eigenvalue weighted by atomic mass is 19.1. The van der Waals surface area contributed by atoms with E-state index in [-0.39, 0.29) is 35.7 Å². The summed E-state index contributed by atoms with van der Waals surface area (Å²) in [5.41, 5.74) is 1.73. The first-order chi connectivity index (χ1) is 19.6. The van der Waals surface area contributed by atoms with Crippen LogP contribution >= 0.6 is 0 Å². The summed E-state index contributed by atoms with van der Waals surface area (Å²) in [4.78, 5) is 43.1. The lowest BCUT2D eigenvalue weighted by atomic mass is 10.0. The van der Waals surface area contributed by atoms with E-state index < -0.39 is 17.6 Å². The number of aromatic amines is 1. The molecule has 3 amide bonds. The van der Waals surface area contributed by atoms with Crippen LogP contribution in [-0.4, -0.2) is 46.2 Å². The van der Waals surface area contributed by atoms with Gasteiger partial charge < -0.3 is 25.3 Å². The Morgan fingerprint density at radius 1 is 0.951 bits per heavy atom. The normalized spacial score (nSPS) is 13.6. The van der Waals surface area contributed by atoms with Gasteiger partial charge in [0.2, 0.25) is 11.8 Å². The van der Waals surface area contributed by atoms with Crippen LogP contribution in [0.2, 0.25) is 0 Å². The Morgan fingerprint density at radius 2 is 1.59 bits per heavy atom. The zero-order valence-corrected chi connectivity index (χ0v) is 23.3. The van der Waals surface area contributed by atoms with Crippen LogP contribution in [0.3, 0.4) is 0 Å². The highest BCUT2D eigenvalue weighted by Gasteiger charge is 2.39. The van der Waals surface area contributed by atoms with Gasteiger partial charge in [0.05, 0.1) is 5.52 Å². The van der Waals surface area contributed by atoms with Gasteiger partial charge in [0.1, 0.15) is 36.1 Å². The molecule has 0 saturated heterocycles. The number of carbonyl (C=O) groups is 3. The molecule has 0 bridgehead atoms. The molecule has 1 saturated carbocycles. The molecule has 4 aromatic rings. The minimum atomic E-state index is -0.584. The number of H-pyrrole nitrogens is 1. The molecule has 0 radical (unpaired) electrons. The van der Waals surface area contributed by atoms with Crippen molar-refractivity contribution in [2.75, 3.05) is 18.4 Å². The molecule has 5 rings (SSSR count). The summed E-state index contributed by atoms with van der Waals surface area (Å²) in [6.45, 7) is 5.50. The number of hydrogen-bond acceptors (Lipinski definition) is 4. The fraction of sp³-hybridized carbons (Fsp3) is 0.281. The Bertz CT molecular complexity index is 1570. The van der Waals surface area contributed by atoms with Gasteiger partial charge in [-0.25, -0.2) is 4.39 Å². The standard InChI is InChI=1S/C32H33FN4O4/c1-20(2)21-7-11-24(12-8-21)41-25-13-9-23(10-14-25)34-28(38)18-37(19-29(39)36-32(3)15-16-32)31(40)27-17-22-5-4-6-26(33)30(22)35-27/h4-14,17,20,35H,15-16,18-19H2,1-3H3,(H,34,38)(H,36,39). The number of para-hydroxylation sites is 1. The molecule has 1 fully saturated rings. The molecule has 1 aromatic heterocycles. The van der Waals surface area contributed by atoms with Crippen LogP contribution in [0, 0.1) is 5.82 Å². The third-order valence-corrected chi connectivity index (χ3v) is 7.15. The van der Waals surface area contributed by atoms with Crippen molar-refractivity contribution in [3.63, 3.8) is 0 Å². The largest absolute Gasteiger partial charge is 0.457 e. The first kappa shape index (κ1) is 27.9. The van der Waals surface area contributed by atoms with Crippen molar-refractivity contribution < 1.29 is 23.5 Å². The number of hydrogen-bond donors (Lipinski definition) is 3. The fourth-order valence-corrected chi connectivity index (χ4v) is 4.50. The number of benzene rings is 3. The summed E-state index contributed by atoms with van der Waals surface area (Å²) >= 11 is 0. The molecule has 41 heavy (non-hydrogen) atoms. The molecule has 0 unspecified atom stereocenters. The molecule has 0 atom stereocenters. The quantitative estimate of drug-likeness (QED) is 0.224. The molecular formula is C32H33FN4O4. The zero-order chi connectivity index (χ0) is 29.1. The molecule has 1 heterocycles. The summed E-state index contributed by atoms with van der Waals surface area (Å²) in [5.74, 6) is -0.187. The molecule has 3 N–H and O–H groups in total. The number of ether oxygens (including phenoxy) is 1. The molecule has 212 valence electrons. The van der Waals surface area contributed by atoms with Crippen LogP contribution in [0.15, 0.2) is 72.8 Å². The molecule has 3 aromatic carbocycles. The number of anilines is 1. The van der Waals surface area contributed by atoms with Crippen LogP contribution in [0.1, 0.15) is 55.6 Å². The Kier molecular flexibility index (Phi) is 7.79. The smallest absolute Gasteiger partial charge is 0.271 e. The van der Waals surface area contributed by atoms with E-state index >= 15 is 0 Å². The average Bonchev–Trinajstić information content (AvgIpc) is 3.48. The molecule has 8 nitrogen and oxygen atoms in total. The lowest BCUT2D eigenvalue weighted by Crippen LogP contribution is -2.46.